The van der Waals surface area contributed by atoms with Crippen molar-refractivity contribution in [1.29, 1.82) is 0 Å². The maximum absolute atomic E-state index is 10.5. The molecule has 0 radical (unpaired) electrons. The van der Waals surface area contributed by atoms with Crippen molar-refractivity contribution in [2.75, 3.05) is 5.73 Å². The minimum atomic E-state index is -1.08. The van der Waals surface area contributed by atoms with Gasteiger partial charge in [-0.05, 0) is 15.9 Å². The molecule has 0 aliphatic carbocycles. The van der Waals surface area contributed by atoms with Gasteiger partial charge in [-0.3, -0.25) is 4.68 Å². The number of carboxylic acid groups (broad SMARTS) is 1. The summed E-state index contributed by atoms with van der Waals surface area (Å²) < 4.78 is 1.74. The van der Waals surface area contributed by atoms with Crippen LogP contribution in [0.2, 0.25) is 0 Å². The SMILES string of the molecule is Cn1nc(N)c(C(=O)O)c1Br. The molecule has 0 unspecified atom stereocenters. The van der Waals surface area contributed by atoms with E-state index in [0.29, 0.717) is 4.60 Å². The first-order valence-corrected chi connectivity index (χ1v) is 3.54. The number of rotatable bonds is 1. The first-order valence-electron chi connectivity index (χ1n) is 2.75. The third-order valence-electron chi connectivity index (χ3n) is 1.22. The fourth-order valence-corrected chi connectivity index (χ4v) is 1.17. The van der Waals surface area contributed by atoms with Crippen molar-refractivity contribution in [1.82, 2.24) is 9.78 Å². The second-order valence-corrected chi connectivity index (χ2v) is 2.73. The number of carbonyl (C=O) groups is 1. The standard InChI is InChI=1S/C5H6BrN3O2/c1-9-3(6)2(5(10)11)4(7)8-9/h1H3,(H2,7,8)(H,10,11). The van der Waals surface area contributed by atoms with Gasteiger partial charge in [-0.1, -0.05) is 0 Å². The molecular formula is C5H6BrN3O2. The summed E-state index contributed by atoms with van der Waals surface area (Å²) in [5.41, 5.74) is 5.31. The van der Waals surface area contributed by atoms with E-state index < -0.39 is 5.97 Å². The van der Waals surface area contributed by atoms with Gasteiger partial charge in [-0.2, -0.15) is 5.10 Å². The first kappa shape index (κ1) is 8.06. The predicted octanol–water partition coefficient (Wildman–Crippen LogP) is 0.463. The average molecular weight is 220 g/mol. The Hall–Kier alpha value is -1.04. The lowest BCUT2D eigenvalue weighted by molar-refractivity contribution is 0.0697. The molecule has 0 aliphatic heterocycles. The third-order valence-corrected chi connectivity index (χ3v) is 2.13. The Balaban J connectivity index is 3.34. The van der Waals surface area contributed by atoms with Crippen LogP contribution in [0.25, 0.3) is 0 Å². The van der Waals surface area contributed by atoms with Gasteiger partial charge in [0.2, 0.25) is 0 Å². The molecular weight excluding hydrogens is 214 g/mol. The quantitative estimate of drug-likeness (QED) is 0.720. The monoisotopic (exact) mass is 219 g/mol. The molecule has 0 saturated heterocycles. The number of anilines is 1. The number of aromatic carboxylic acids is 1. The van der Waals surface area contributed by atoms with Gasteiger partial charge in [0, 0.05) is 7.05 Å². The highest BCUT2D eigenvalue weighted by atomic mass is 79.9. The number of hydrogen-bond acceptors (Lipinski definition) is 3. The molecule has 6 heteroatoms. The number of halogens is 1. The molecule has 1 aromatic rings. The lowest BCUT2D eigenvalue weighted by atomic mass is 10.3. The van der Waals surface area contributed by atoms with Crippen molar-refractivity contribution in [3.05, 3.63) is 10.2 Å². The molecule has 11 heavy (non-hydrogen) atoms. The smallest absolute Gasteiger partial charge is 0.342 e. The van der Waals surface area contributed by atoms with E-state index in [1.54, 1.807) is 7.05 Å². The molecule has 0 aliphatic rings. The fraction of sp³-hybridized carbons (Fsp3) is 0.200. The number of carboxylic acids is 1. The fourth-order valence-electron chi connectivity index (χ4n) is 0.721. The Morgan fingerprint density at radius 2 is 2.36 bits per heavy atom. The van der Waals surface area contributed by atoms with E-state index in [4.69, 9.17) is 10.8 Å². The summed E-state index contributed by atoms with van der Waals surface area (Å²) in [4.78, 5) is 10.5. The molecule has 1 heterocycles. The molecule has 0 aromatic carbocycles. The van der Waals surface area contributed by atoms with Crippen LogP contribution < -0.4 is 5.73 Å². The van der Waals surface area contributed by atoms with Crippen LogP contribution in [0.4, 0.5) is 5.82 Å². The number of nitrogen functional groups attached to an aromatic ring is 1. The van der Waals surface area contributed by atoms with Crippen molar-refractivity contribution in [3.8, 4) is 0 Å². The van der Waals surface area contributed by atoms with Crippen LogP contribution in [-0.2, 0) is 7.05 Å². The molecule has 0 fully saturated rings. The summed E-state index contributed by atoms with van der Waals surface area (Å²) in [6, 6.07) is 0. The molecule has 0 bridgehead atoms. The average Bonchev–Trinajstić information content (AvgIpc) is 2.07. The van der Waals surface area contributed by atoms with Crippen molar-refractivity contribution >= 4 is 27.7 Å². The number of nitrogens with zero attached hydrogens (tertiary/aromatic N) is 2. The summed E-state index contributed by atoms with van der Waals surface area (Å²) in [5, 5.41) is 12.3. The van der Waals surface area contributed by atoms with Gasteiger partial charge in [0.05, 0.1) is 0 Å². The van der Waals surface area contributed by atoms with Crippen LogP contribution >= 0.6 is 15.9 Å². The molecule has 0 spiro atoms. The van der Waals surface area contributed by atoms with Gasteiger partial charge in [0.1, 0.15) is 10.2 Å². The topological polar surface area (TPSA) is 81.1 Å². The van der Waals surface area contributed by atoms with Crippen molar-refractivity contribution in [2.45, 2.75) is 0 Å². The molecule has 1 aromatic heterocycles. The molecule has 3 N–H and O–H groups in total. The number of aromatic nitrogens is 2. The van der Waals surface area contributed by atoms with Gasteiger partial charge in [0.15, 0.2) is 5.82 Å². The zero-order valence-electron chi connectivity index (χ0n) is 5.71. The Kier molecular flexibility index (Phi) is 1.86. The Labute approximate surface area is 70.9 Å². The van der Waals surface area contributed by atoms with E-state index >= 15 is 0 Å². The molecule has 0 amide bonds. The molecule has 60 valence electrons. The maximum Gasteiger partial charge on any atom is 0.342 e. The molecule has 0 atom stereocenters. The highest BCUT2D eigenvalue weighted by molar-refractivity contribution is 9.10. The number of aryl methyl sites for hydroxylation is 1. The second kappa shape index (κ2) is 2.54. The zero-order valence-corrected chi connectivity index (χ0v) is 7.29. The molecule has 1 rings (SSSR count). The van der Waals surface area contributed by atoms with E-state index in [1.807, 2.05) is 0 Å². The van der Waals surface area contributed by atoms with Crippen molar-refractivity contribution < 1.29 is 9.90 Å². The molecule has 5 nitrogen and oxygen atoms in total. The van der Waals surface area contributed by atoms with Crippen molar-refractivity contribution in [2.24, 2.45) is 7.05 Å². The predicted molar refractivity (Wildman–Crippen MR) is 42.3 cm³/mol. The number of nitrogens with two attached hydrogens (primary N) is 1. The van der Waals surface area contributed by atoms with Crippen molar-refractivity contribution in [3.63, 3.8) is 0 Å². The van der Waals surface area contributed by atoms with Gasteiger partial charge in [-0.15, -0.1) is 0 Å². The van der Waals surface area contributed by atoms with Crippen LogP contribution in [-0.4, -0.2) is 20.9 Å². The highest BCUT2D eigenvalue weighted by Crippen LogP contribution is 2.20. The summed E-state index contributed by atoms with van der Waals surface area (Å²) >= 11 is 3.04. The van der Waals surface area contributed by atoms with Gasteiger partial charge in [0.25, 0.3) is 0 Å². The van der Waals surface area contributed by atoms with E-state index in [9.17, 15) is 4.79 Å². The Morgan fingerprint density at radius 1 is 1.82 bits per heavy atom. The zero-order chi connectivity index (χ0) is 8.59. The minimum Gasteiger partial charge on any atom is -0.477 e. The lowest BCUT2D eigenvalue weighted by Crippen LogP contribution is -2.00. The van der Waals surface area contributed by atoms with Crippen LogP contribution in [0.15, 0.2) is 4.60 Å². The largest absolute Gasteiger partial charge is 0.477 e. The summed E-state index contributed by atoms with van der Waals surface area (Å²) in [5.74, 6) is -1.06. The number of hydrogen-bond donors (Lipinski definition) is 2. The van der Waals surface area contributed by atoms with Crippen LogP contribution in [0, 0.1) is 0 Å². The molecule has 0 saturated carbocycles. The summed E-state index contributed by atoms with van der Waals surface area (Å²) in [6.07, 6.45) is 0. The summed E-state index contributed by atoms with van der Waals surface area (Å²) in [6.45, 7) is 0. The van der Waals surface area contributed by atoms with E-state index in [0.717, 1.165) is 0 Å². The van der Waals surface area contributed by atoms with Gasteiger partial charge in [-0.25, -0.2) is 4.79 Å². The van der Waals surface area contributed by atoms with E-state index in [2.05, 4.69) is 21.0 Å². The van der Waals surface area contributed by atoms with E-state index in [-0.39, 0.29) is 11.4 Å². The highest BCUT2D eigenvalue weighted by Gasteiger charge is 2.17. The Morgan fingerprint density at radius 3 is 2.55 bits per heavy atom. The van der Waals surface area contributed by atoms with Crippen LogP contribution in [0.5, 0.6) is 0 Å². The van der Waals surface area contributed by atoms with Crippen LogP contribution in [0.3, 0.4) is 0 Å². The van der Waals surface area contributed by atoms with Gasteiger partial charge >= 0.3 is 5.97 Å². The third kappa shape index (κ3) is 1.21. The van der Waals surface area contributed by atoms with Gasteiger partial charge < -0.3 is 10.8 Å². The minimum absolute atomic E-state index is 0.00694. The van der Waals surface area contributed by atoms with Crippen LogP contribution in [0.1, 0.15) is 10.4 Å². The normalized spacial score (nSPS) is 10.0. The Bertz CT molecular complexity index is 307. The summed E-state index contributed by atoms with van der Waals surface area (Å²) in [7, 11) is 1.60. The second-order valence-electron chi connectivity index (χ2n) is 1.98. The lowest BCUT2D eigenvalue weighted by Gasteiger charge is -1.90. The van der Waals surface area contributed by atoms with E-state index in [1.165, 1.54) is 4.68 Å². The maximum atomic E-state index is 10.5. The first-order chi connectivity index (χ1) is 5.04.